The van der Waals surface area contributed by atoms with Gasteiger partial charge in [0.15, 0.2) is 11.6 Å². The van der Waals surface area contributed by atoms with Gasteiger partial charge in [-0.15, -0.1) is 0 Å². The number of nitrogens with zero attached hydrogens (tertiary/aromatic N) is 2. The Labute approximate surface area is 113 Å². The maximum absolute atomic E-state index is 13.5. The van der Waals surface area contributed by atoms with Crippen molar-refractivity contribution in [3.8, 4) is 5.75 Å². The molecule has 4 nitrogen and oxygen atoms in total. The first-order valence-corrected chi connectivity index (χ1v) is 6.57. The molecule has 0 amide bonds. The van der Waals surface area contributed by atoms with E-state index in [1.807, 2.05) is 7.05 Å². The van der Waals surface area contributed by atoms with Gasteiger partial charge in [-0.05, 0) is 26.4 Å². The third-order valence-electron chi connectivity index (χ3n) is 3.87. The fraction of sp³-hybridized carbons (Fsp3) is 0.571. The van der Waals surface area contributed by atoms with E-state index in [4.69, 9.17) is 10.5 Å². The molecule has 1 heterocycles. The molecule has 1 atom stereocenters. The van der Waals surface area contributed by atoms with Crippen molar-refractivity contribution in [2.45, 2.75) is 18.9 Å². The number of anilines is 2. The monoisotopic (exact) mass is 267 g/mol. The summed E-state index contributed by atoms with van der Waals surface area (Å²) in [5.74, 6) is -0.189. The van der Waals surface area contributed by atoms with Gasteiger partial charge in [-0.1, -0.05) is 0 Å². The molecule has 2 N–H and O–H groups in total. The summed E-state index contributed by atoms with van der Waals surface area (Å²) in [6, 6.07) is 3.52. The predicted molar refractivity (Wildman–Crippen MR) is 76.3 cm³/mol. The lowest BCUT2D eigenvalue weighted by Crippen LogP contribution is -2.36. The summed E-state index contributed by atoms with van der Waals surface area (Å²) in [6.45, 7) is 2.02. The van der Waals surface area contributed by atoms with Crippen LogP contribution in [0.5, 0.6) is 5.75 Å². The smallest absolute Gasteiger partial charge is 0.167 e. The summed E-state index contributed by atoms with van der Waals surface area (Å²) in [4.78, 5) is 4.43. The van der Waals surface area contributed by atoms with E-state index in [0.29, 0.717) is 11.7 Å². The third kappa shape index (κ3) is 2.92. The summed E-state index contributed by atoms with van der Waals surface area (Å²) < 4.78 is 18.5. The van der Waals surface area contributed by atoms with Crippen LogP contribution >= 0.6 is 0 Å². The van der Waals surface area contributed by atoms with Gasteiger partial charge in [0, 0.05) is 31.8 Å². The van der Waals surface area contributed by atoms with Crippen LogP contribution in [0, 0.1) is 5.82 Å². The molecule has 0 radical (unpaired) electrons. The van der Waals surface area contributed by atoms with Crippen LogP contribution in [0.3, 0.4) is 0 Å². The molecule has 0 aromatic heterocycles. The van der Waals surface area contributed by atoms with Gasteiger partial charge >= 0.3 is 0 Å². The van der Waals surface area contributed by atoms with Crippen LogP contribution < -0.4 is 15.4 Å². The van der Waals surface area contributed by atoms with Gasteiger partial charge in [0.2, 0.25) is 0 Å². The molecule has 2 rings (SSSR count). The molecular weight excluding hydrogens is 245 g/mol. The molecule has 19 heavy (non-hydrogen) atoms. The normalized spacial score (nSPS) is 19.7. The molecule has 1 aliphatic rings. The highest BCUT2D eigenvalue weighted by Gasteiger charge is 2.23. The van der Waals surface area contributed by atoms with E-state index < -0.39 is 5.82 Å². The minimum atomic E-state index is -0.421. The lowest BCUT2D eigenvalue weighted by atomic mass is 10.2. The number of methoxy groups -OCH3 is 1. The minimum absolute atomic E-state index is 0.232. The Morgan fingerprint density at radius 1 is 1.53 bits per heavy atom. The van der Waals surface area contributed by atoms with E-state index in [2.05, 4.69) is 16.8 Å². The summed E-state index contributed by atoms with van der Waals surface area (Å²) in [5, 5.41) is 0. The second-order valence-electron chi connectivity index (χ2n) is 5.20. The number of hydrogen-bond donors (Lipinski definition) is 1. The van der Waals surface area contributed by atoms with Gasteiger partial charge in [-0.3, -0.25) is 0 Å². The Hall–Kier alpha value is -1.49. The Morgan fingerprint density at radius 3 is 2.84 bits per heavy atom. The lowest BCUT2D eigenvalue weighted by Gasteiger charge is -2.28. The van der Waals surface area contributed by atoms with Crippen LogP contribution in [0.1, 0.15) is 12.8 Å². The van der Waals surface area contributed by atoms with E-state index in [1.54, 1.807) is 6.07 Å². The molecule has 1 unspecified atom stereocenters. The average Bonchev–Trinajstić information content (AvgIpc) is 2.75. The van der Waals surface area contributed by atoms with E-state index in [1.165, 1.54) is 26.0 Å². The molecule has 0 aliphatic carbocycles. The highest BCUT2D eigenvalue weighted by molar-refractivity contribution is 5.69. The highest BCUT2D eigenvalue weighted by atomic mass is 19.1. The van der Waals surface area contributed by atoms with Crippen LogP contribution in [-0.2, 0) is 0 Å². The van der Waals surface area contributed by atoms with Crippen molar-refractivity contribution in [3.05, 3.63) is 17.9 Å². The van der Waals surface area contributed by atoms with Gasteiger partial charge in [0.1, 0.15) is 0 Å². The first-order valence-electron chi connectivity index (χ1n) is 6.57. The largest absolute Gasteiger partial charge is 0.494 e. The number of nitrogens with two attached hydrogens (primary N) is 1. The Balaban J connectivity index is 2.16. The number of likely N-dealkylation sites (tertiary alicyclic amines) is 1. The fourth-order valence-corrected chi connectivity index (χ4v) is 2.67. The zero-order chi connectivity index (χ0) is 14.0. The first-order chi connectivity index (χ1) is 9.02. The molecule has 1 aromatic carbocycles. The van der Waals surface area contributed by atoms with Crippen molar-refractivity contribution in [1.82, 2.24) is 4.90 Å². The molecule has 5 heteroatoms. The summed E-state index contributed by atoms with van der Waals surface area (Å²) >= 11 is 0. The maximum Gasteiger partial charge on any atom is 0.167 e. The van der Waals surface area contributed by atoms with Gasteiger partial charge in [-0.25, -0.2) is 4.39 Å². The first kappa shape index (κ1) is 13.9. The number of nitrogen functional groups attached to an aromatic ring is 1. The van der Waals surface area contributed by atoms with Crippen molar-refractivity contribution in [2.75, 3.05) is 44.9 Å². The zero-order valence-corrected chi connectivity index (χ0v) is 11.8. The van der Waals surface area contributed by atoms with Crippen LogP contribution in [0.25, 0.3) is 0 Å². The standard InChI is InChI=1S/C14H22FN3O/c1-17-6-4-5-10(17)9-18(2)13-8-14(19-3)11(15)7-12(13)16/h7-8,10H,4-6,9,16H2,1-3H3. The summed E-state index contributed by atoms with van der Waals surface area (Å²) in [6.07, 6.45) is 2.43. The zero-order valence-electron chi connectivity index (χ0n) is 11.8. The number of likely N-dealkylation sites (N-methyl/N-ethyl adjacent to an activating group) is 2. The number of hydrogen-bond acceptors (Lipinski definition) is 4. The van der Waals surface area contributed by atoms with Crippen molar-refractivity contribution < 1.29 is 9.13 Å². The number of benzene rings is 1. The number of ether oxygens (including phenoxy) is 1. The van der Waals surface area contributed by atoms with E-state index in [-0.39, 0.29) is 5.75 Å². The molecule has 0 saturated carbocycles. The second kappa shape index (κ2) is 5.65. The molecular formula is C14H22FN3O. The van der Waals surface area contributed by atoms with Crippen LogP contribution in [0.2, 0.25) is 0 Å². The van der Waals surface area contributed by atoms with Crippen molar-refractivity contribution in [2.24, 2.45) is 0 Å². The molecule has 0 bridgehead atoms. The number of rotatable bonds is 4. The minimum Gasteiger partial charge on any atom is -0.494 e. The molecule has 0 spiro atoms. The van der Waals surface area contributed by atoms with Crippen molar-refractivity contribution in [1.29, 1.82) is 0 Å². The quantitative estimate of drug-likeness (QED) is 0.847. The van der Waals surface area contributed by atoms with Crippen molar-refractivity contribution in [3.63, 3.8) is 0 Å². The summed E-state index contributed by atoms with van der Waals surface area (Å²) in [7, 11) is 5.58. The Bertz CT molecular complexity index is 453. The molecule has 1 aliphatic heterocycles. The molecule has 1 saturated heterocycles. The fourth-order valence-electron chi connectivity index (χ4n) is 2.67. The van der Waals surface area contributed by atoms with Crippen LogP contribution in [0.4, 0.5) is 15.8 Å². The third-order valence-corrected chi connectivity index (χ3v) is 3.87. The average molecular weight is 267 g/mol. The van der Waals surface area contributed by atoms with Crippen LogP contribution in [-0.4, -0.2) is 45.2 Å². The van der Waals surface area contributed by atoms with Crippen LogP contribution in [0.15, 0.2) is 12.1 Å². The Morgan fingerprint density at radius 2 is 2.26 bits per heavy atom. The lowest BCUT2D eigenvalue weighted by molar-refractivity contribution is 0.314. The van der Waals surface area contributed by atoms with Crippen molar-refractivity contribution >= 4 is 11.4 Å². The van der Waals surface area contributed by atoms with Gasteiger partial charge < -0.3 is 20.3 Å². The molecule has 1 aromatic rings. The van der Waals surface area contributed by atoms with E-state index in [9.17, 15) is 4.39 Å². The highest BCUT2D eigenvalue weighted by Crippen LogP contribution is 2.31. The number of halogens is 1. The SMILES string of the molecule is COc1cc(N(C)CC2CCCN2C)c(N)cc1F. The van der Waals surface area contributed by atoms with Gasteiger partial charge in [-0.2, -0.15) is 0 Å². The predicted octanol–water partition coefficient (Wildman–Crippen LogP) is 1.95. The molecule has 1 fully saturated rings. The van der Waals surface area contributed by atoms with E-state index >= 15 is 0 Å². The van der Waals surface area contributed by atoms with Gasteiger partial charge in [0.25, 0.3) is 0 Å². The molecule has 106 valence electrons. The summed E-state index contributed by atoms with van der Waals surface area (Å²) in [5.41, 5.74) is 7.17. The maximum atomic E-state index is 13.5. The van der Waals surface area contributed by atoms with Gasteiger partial charge in [0.05, 0.1) is 18.5 Å². The Kier molecular flexibility index (Phi) is 4.14. The van der Waals surface area contributed by atoms with E-state index in [0.717, 1.165) is 18.8 Å². The second-order valence-corrected chi connectivity index (χ2v) is 5.20. The topological polar surface area (TPSA) is 41.7 Å².